The Kier molecular flexibility index (Phi) is 4.87. The number of nitrogens with zero attached hydrogens (tertiary/aromatic N) is 4. The summed E-state index contributed by atoms with van der Waals surface area (Å²) >= 11 is 0. The van der Waals surface area contributed by atoms with Crippen LogP contribution in [0.3, 0.4) is 0 Å². The van der Waals surface area contributed by atoms with Gasteiger partial charge in [0.2, 0.25) is 11.8 Å². The van der Waals surface area contributed by atoms with Crippen LogP contribution in [0.5, 0.6) is 17.4 Å². The van der Waals surface area contributed by atoms with Crippen molar-refractivity contribution in [1.29, 1.82) is 0 Å². The van der Waals surface area contributed by atoms with Crippen LogP contribution in [0.15, 0.2) is 55.0 Å². The molecule has 1 aliphatic rings. The second-order valence-corrected chi connectivity index (χ2v) is 6.70. The molecule has 2 heterocycles. The number of pyridine rings is 1. The lowest BCUT2D eigenvalue weighted by molar-refractivity contribution is 0.415. The van der Waals surface area contributed by atoms with Crippen molar-refractivity contribution < 1.29 is 9.47 Å². The van der Waals surface area contributed by atoms with Crippen LogP contribution in [-0.4, -0.2) is 35.7 Å². The minimum atomic E-state index is 0.490. The highest BCUT2D eigenvalue weighted by atomic mass is 16.5. The van der Waals surface area contributed by atoms with E-state index in [1.54, 1.807) is 25.7 Å². The van der Waals surface area contributed by atoms with E-state index in [1.165, 1.54) is 12.8 Å². The number of hydrogen-bond acceptors (Lipinski definition) is 6. The zero-order valence-electron chi connectivity index (χ0n) is 15.5. The number of hydrogen-bond donors (Lipinski definition) is 0. The molecule has 2 aromatic heterocycles. The van der Waals surface area contributed by atoms with Gasteiger partial charge >= 0.3 is 0 Å². The van der Waals surface area contributed by atoms with Gasteiger partial charge in [-0.05, 0) is 37.0 Å². The molecule has 138 valence electrons. The van der Waals surface area contributed by atoms with Crippen LogP contribution in [0.25, 0.3) is 11.1 Å². The number of benzene rings is 1. The van der Waals surface area contributed by atoms with Crippen LogP contribution in [0.4, 0.5) is 5.95 Å². The molecular weight excluding hydrogens is 340 g/mol. The number of ether oxygens (including phenoxy) is 2. The number of para-hydroxylation sites is 1. The van der Waals surface area contributed by atoms with E-state index in [2.05, 4.69) is 19.9 Å². The first kappa shape index (κ1) is 17.3. The number of anilines is 1. The third kappa shape index (κ3) is 4.00. The molecule has 0 aliphatic heterocycles. The Morgan fingerprint density at radius 3 is 2.48 bits per heavy atom. The van der Waals surface area contributed by atoms with Gasteiger partial charge in [-0.1, -0.05) is 18.2 Å². The molecule has 0 radical (unpaired) electrons. The molecule has 0 N–H and O–H groups in total. The van der Waals surface area contributed by atoms with Crippen molar-refractivity contribution >= 4 is 5.95 Å². The first-order chi connectivity index (χ1) is 13.2. The van der Waals surface area contributed by atoms with Gasteiger partial charge in [-0.25, -0.2) is 15.0 Å². The van der Waals surface area contributed by atoms with Crippen LogP contribution in [-0.2, 0) is 0 Å². The second kappa shape index (κ2) is 7.61. The molecule has 0 atom stereocenters. The van der Waals surface area contributed by atoms with E-state index in [0.717, 1.165) is 29.3 Å². The molecule has 0 saturated heterocycles. The van der Waals surface area contributed by atoms with E-state index in [4.69, 9.17) is 9.47 Å². The summed E-state index contributed by atoms with van der Waals surface area (Å²) in [7, 11) is 3.67. The standard InChI is InChI=1S/C21H22N4O2/c1-25(14-15-9-10-15)21-23-12-16(13-24-21)27-20-18(7-5-11-22-20)17-6-3-4-8-19(17)26-2/h3-8,11-13,15H,9-10,14H2,1-2H3. The van der Waals surface area contributed by atoms with Crippen LogP contribution in [0.1, 0.15) is 12.8 Å². The molecule has 6 nitrogen and oxygen atoms in total. The van der Waals surface area contributed by atoms with E-state index in [-0.39, 0.29) is 0 Å². The second-order valence-electron chi connectivity index (χ2n) is 6.70. The highest BCUT2D eigenvalue weighted by molar-refractivity contribution is 5.74. The minimum Gasteiger partial charge on any atom is -0.496 e. The van der Waals surface area contributed by atoms with Gasteiger partial charge in [0.25, 0.3) is 0 Å². The van der Waals surface area contributed by atoms with Crippen LogP contribution < -0.4 is 14.4 Å². The van der Waals surface area contributed by atoms with Gasteiger partial charge in [-0.3, -0.25) is 0 Å². The summed E-state index contributed by atoms with van der Waals surface area (Å²) in [5.41, 5.74) is 1.77. The maximum atomic E-state index is 5.98. The fourth-order valence-electron chi connectivity index (χ4n) is 2.98. The SMILES string of the molecule is COc1ccccc1-c1cccnc1Oc1cnc(N(C)CC2CC2)nc1. The molecule has 0 bridgehead atoms. The Hall–Kier alpha value is -3.15. The summed E-state index contributed by atoms with van der Waals surface area (Å²) in [5.74, 6) is 3.30. The summed E-state index contributed by atoms with van der Waals surface area (Å²) in [5, 5.41) is 0. The van der Waals surface area contributed by atoms with Crippen LogP contribution >= 0.6 is 0 Å². The minimum absolute atomic E-state index is 0.490. The number of aromatic nitrogens is 3. The molecule has 0 amide bonds. The van der Waals surface area contributed by atoms with Gasteiger partial charge in [0.1, 0.15) is 5.75 Å². The summed E-state index contributed by atoms with van der Waals surface area (Å²) < 4.78 is 11.5. The normalized spacial score (nSPS) is 13.3. The molecule has 1 aromatic carbocycles. The average Bonchev–Trinajstić information content (AvgIpc) is 3.53. The highest BCUT2D eigenvalue weighted by Gasteiger charge is 2.23. The predicted molar refractivity (Wildman–Crippen MR) is 104 cm³/mol. The van der Waals surface area contributed by atoms with Crippen molar-refractivity contribution in [3.8, 4) is 28.5 Å². The molecule has 3 aromatic rings. The number of methoxy groups -OCH3 is 1. The van der Waals surface area contributed by atoms with Crippen LogP contribution in [0.2, 0.25) is 0 Å². The topological polar surface area (TPSA) is 60.4 Å². The zero-order valence-corrected chi connectivity index (χ0v) is 15.5. The average molecular weight is 362 g/mol. The van der Waals surface area contributed by atoms with Crippen molar-refractivity contribution in [3.63, 3.8) is 0 Å². The quantitative estimate of drug-likeness (QED) is 0.628. The zero-order chi connectivity index (χ0) is 18.6. The van der Waals surface area contributed by atoms with Crippen molar-refractivity contribution in [2.45, 2.75) is 12.8 Å². The Balaban J connectivity index is 1.56. The van der Waals surface area contributed by atoms with Gasteiger partial charge in [0.05, 0.1) is 19.5 Å². The fraction of sp³-hybridized carbons (Fsp3) is 0.286. The maximum Gasteiger partial charge on any atom is 0.227 e. The van der Waals surface area contributed by atoms with Gasteiger partial charge in [-0.2, -0.15) is 0 Å². The molecule has 0 unspecified atom stereocenters. The molecule has 1 saturated carbocycles. The largest absolute Gasteiger partial charge is 0.496 e. The Morgan fingerprint density at radius 1 is 1.00 bits per heavy atom. The lowest BCUT2D eigenvalue weighted by atomic mass is 10.1. The summed E-state index contributed by atoms with van der Waals surface area (Å²) in [6, 6.07) is 11.6. The van der Waals surface area contributed by atoms with Crippen LogP contribution in [0, 0.1) is 5.92 Å². The third-order valence-corrected chi connectivity index (χ3v) is 4.57. The Morgan fingerprint density at radius 2 is 1.74 bits per heavy atom. The molecule has 0 spiro atoms. The molecular formula is C21H22N4O2. The van der Waals surface area contributed by atoms with Gasteiger partial charge in [-0.15, -0.1) is 0 Å². The van der Waals surface area contributed by atoms with Gasteiger partial charge in [0.15, 0.2) is 5.75 Å². The Bertz CT molecular complexity index is 910. The first-order valence-corrected chi connectivity index (χ1v) is 9.04. The lowest BCUT2D eigenvalue weighted by Gasteiger charge is -2.16. The first-order valence-electron chi connectivity index (χ1n) is 9.04. The van der Waals surface area contributed by atoms with E-state index in [0.29, 0.717) is 17.6 Å². The highest BCUT2D eigenvalue weighted by Crippen LogP contribution is 2.36. The fourth-order valence-corrected chi connectivity index (χ4v) is 2.98. The predicted octanol–water partition coefficient (Wildman–Crippen LogP) is 4.19. The summed E-state index contributed by atoms with van der Waals surface area (Å²) in [6.45, 7) is 0.998. The molecule has 1 aliphatic carbocycles. The molecule has 6 heteroatoms. The summed E-state index contributed by atoms with van der Waals surface area (Å²) in [4.78, 5) is 15.3. The van der Waals surface area contributed by atoms with E-state index >= 15 is 0 Å². The van der Waals surface area contributed by atoms with Gasteiger partial charge in [0, 0.05) is 30.9 Å². The van der Waals surface area contributed by atoms with Crippen molar-refractivity contribution in [1.82, 2.24) is 15.0 Å². The van der Waals surface area contributed by atoms with Crippen molar-refractivity contribution in [3.05, 3.63) is 55.0 Å². The van der Waals surface area contributed by atoms with Crippen molar-refractivity contribution in [2.24, 2.45) is 5.92 Å². The molecule has 27 heavy (non-hydrogen) atoms. The van der Waals surface area contributed by atoms with Gasteiger partial charge < -0.3 is 14.4 Å². The molecule has 1 fully saturated rings. The van der Waals surface area contributed by atoms with E-state index in [1.807, 2.05) is 43.4 Å². The number of rotatable bonds is 7. The molecule has 4 rings (SSSR count). The Labute approximate surface area is 158 Å². The summed E-state index contributed by atoms with van der Waals surface area (Å²) in [6.07, 6.45) is 7.68. The lowest BCUT2D eigenvalue weighted by Crippen LogP contribution is -2.22. The smallest absolute Gasteiger partial charge is 0.227 e. The third-order valence-electron chi connectivity index (χ3n) is 4.57. The van der Waals surface area contributed by atoms with E-state index < -0.39 is 0 Å². The monoisotopic (exact) mass is 362 g/mol. The van der Waals surface area contributed by atoms with Crippen molar-refractivity contribution in [2.75, 3.05) is 25.6 Å². The maximum absolute atomic E-state index is 5.98. The van der Waals surface area contributed by atoms with E-state index in [9.17, 15) is 0 Å².